The van der Waals surface area contributed by atoms with Crippen molar-refractivity contribution in [1.29, 1.82) is 0 Å². The third kappa shape index (κ3) is 6.38. The van der Waals surface area contributed by atoms with E-state index in [0.717, 1.165) is 66.9 Å². The molecule has 1 heterocycles. The van der Waals surface area contributed by atoms with Crippen LogP contribution in [0, 0.1) is 0 Å². The van der Waals surface area contributed by atoms with E-state index in [1.54, 1.807) is 21.3 Å². The lowest BCUT2D eigenvalue weighted by Gasteiger charge is -2.26. The Morgan fingerprint density at radius 1 is 0.900 bits per heavy atom. The zero-order valence-corrected chi connectivity index (χ0v) is 17.8. The highest BCUT2D eigenvalue weighted by molar-refractivity contribution is 5.74. The first-order chi connectivity index (χ1) is 14.7. The Hall–Kier alpha value is -2.74. The predicted octanol–water partition coefficient (Wildman–Crippen LogP) is 3.56. The van der Waals surface area contributed by atoms with Crippen LogP contribution in [0.2, 0.25) is 0 Å². The van der Waals surface area contributed by atoms with Crippen molar-refractivity contribution in [3.05, 3.63) is 47.5 Å². The van der Waals surface area contributed by atoms with Gasteiger partial charge in [0.1, 0.15) is 22.9 Å². The lowest BCUT2D eigenvalue weighted by molar-refractivity contribution is 0.0260. The van der Waals surface area contributed by atoms with Crippen LogP contribution < -0.4 is 19.7 Å². The summed E-state index contributed by atoms with van der Waals surface area (Å²) in [7, 11) is 4.93. The maximum Gasteiger partial charge on any atom is 0.144 e. The van der Waals surface area contributed by atoms with Crippen LogP contribution in [0.3, 0.4) is 0 Å². The Labute approximate surface area is 178 Å². The quantitative estimate of drug-likeness (QED) is 0.362. The summed E-state index contributed by atoms with van der Waals surface area (Å²) in [6.07, 6.45) is 4.03. The molecule has 3 rings (SSSR count). The largest absolute Gasteiger partial charge is 0.497 e. The molecule has 1 saturated heterocycles. The van der Waals surface area contributed by atoms with E-state index < -0.39 is 0 Å². The second kappa shape index (κ2) is 11.4. The Morgan fingerprint density at radius 3 is 2.27 bits per heavy atom. The smallest absolute Gasteiger partial charge is 0.144 e. The number of morpholine rings is 1. The van der Waals surface area contributed by atoms with Gasteiger partial charge in [-0.15, -0.1) is 0 Å². The first-order valence-corrected chi connectivity index (χ1v) is 9.99. The number of rotatable bonds is 10. The van der Waals surface area contributed by atoms with Crippen LogP contribution in [0.15, 0.2) is 36.4 Å². The van der Waals surface area contributed by atoms with Crippen LogP contribution in [0.25, 0.3) is 12.2 Å². The first-order valence-electron chi connectivity index (χ1n) is 9.99. The molecule has 0 saturated carbocycles. The predicted molar refractivity (Wildman–Crippen MR) is 118 cm³/mol. The van der Waals surface area contributed by atoms with Gasteiger partial charge in [-0.05, 0) is 35.4 Å². The molecule has 0 bridgehead atoms. The first kappa shape index (κ1) is 22.0. The third-order valence-corrected chi connectivity index (χ3v) is 4.86. The molecule has 0 aliphatic carbocycles. The van der Waals surface area contributed by atoms with Crippen LogP contribution in [-0.2, 0) is 9.57 Å². The normalized spacial score (nSPS) is 14.6. The summed E-state index contributed by atoms with van der Waals surface area (Å²) in [6.45, 7) is 4.90. The fourth-order valence-corrected chi connectivity index (χ4v) is 3.16. The van der Waals surface area contributed by atoms with Crippen molar-refractivity contribution >= 4 is 17.8 Å². The molecule has 2 aromatic rings. The van der Waals surface area contributed by atoms with E-state index in [1.807, 2.05) is 48.6 Å². The zero-order valence-electron chi connectivity index (χ0n) is 17.8. The zero-order chi connectivity index (χ0) is 21.2. The van der Waals surface area contributed by atoms with Gasteiger partial charge in [0.05, 0.1) is 41.2 Å². The highest BCUT2D eigenvalue weighted by Crippen LogP contribution is 2.27. The number of nitrogens with one attached hydrogen (secondary N) is 1. The van der Waals surface area contributed by atoms with Crippen LogP contribution in [0.4, 0.5) is 5.69 Å². The molecule has 0 spiro atoms. The molecule has 7 heteroatoms. The average Bonchev–Trinajstić information content (AvgIpc) is 2.81. The van der Waals surface area contributed by atoms with E-state index in [0.29, 0.717) is 6.61 Å². The number of benzene rings is 2. The summed E-state index contributed by atoms with van der Waals surface area (Å²) in [6, 6.07) is 11.7. The molecule has 1 fully saturated rings. The van der Waals surface area contributed by atoms with Crippen LogP contribution in [0.5, 0.6) is 17.2 Å². The summed E-state index contributed by atoms with van der Waals surface area (Å²) in [4.78, 5) is 8.00. The summed E-state index contributed by atoms with van der Waals surface area (Å²) in [5.41, 5.74) is 5.80. The standard InChI is InChI=1S/C23H30N2O5/c1-26-20-14-19(15-21(17-20)27-2)5-4-18-6-7-23(28-3)22(16-18)24-30-13-10-25-8-11-29-12-9-25/h4-7,14-17,24H,8-13H2,1-3H3/b5-4-. The summed E-state index contributed by atoms with van der Waals surface area (Å²) < 4.78 is 21.5. The molecule has 0 atom stereocenters. The molecular formula is C23H30N2O5. The fourth-order valence-electron chi connectivity index (χ4n) is 3.16. The van der Waals surface area contributed by atoms with Gasteiger partial charge in [0.2, 0.25) is 0 Å². The van der Waals surface area contributed by atoms with Gasteiger partial charge >= 0.3 is 0 Å². The second-order valence-electron chi connectivity index (χ2n) is 6.84. The molecule has 7 nitrogen and oxygen atoms in total. The van der Waals surface area contributed by atoms with Crippen molar-refractivity contribution in [1.82, 2.24) is 4.90 Å². The molecule has 1 aliphatic heterocycles. The van der Waals surface area contributed by atoms with E-state index in [9.17, 15) is 0 Å². The average molecular weight is 415 g/mol. The van der Waals surface area contributed by atoms with Crippen molar-refractivity contribution in [2.45, 2.75) is 0 Å². The van der Waals surface area contributed by atoms with Gasteiger partial charge in [0.25, 0.3) is 0 Å². The Balaban J connectivity index is 1.62. The van der Waals surface area contributed by atoms with Gasteiger partial charge in [-0.25, -0.2) is 0 Å². The molecule has 162 valence electrons. The minimum Gasteiger partial charge on any atom is -0.497 e. The number of nitrogens with zero attached hydrogens (tertiary/aromatic N) is 1. The molecule has 1 aliphatic rings. The van der Waals surface area contributed by atoms with Gasteiger partial charge in [0, 0.05) is 25.7 Å². The van der Waals surface area contributed by atoms with Gasteiger partial charge < -0.3 is 18.9 Å². The van der Waals surface area contributed by atoms with Crippen molar-refractivity contribution in [2.75, 3.05) is 66.3 Å². The molecule has 0 amide bonds. The number of ether oxygens (including phenoxy) is 4. The lowest BCUT2D eigenvalue weighted by atomic mass is 10.1. The molecule has 2 aromatic carbocycles. The molecule has 0 aromatic heterocycles. The van der Waals surface area contributed by atoms with Gasteiger partial charge in [-0.2, -0.15) is 0 Å². The minimum atomic E-state index is 0.576. The number of hydrogen-bond acceptors (Lipinski definition) is 7. The molecule has 0 radical (unpaired) electrons. The van der Waals surface area contributed by atoms with E-state index in [1.165, 1.54) is 0 Å². The maximum absolute atomic E-state index is 5.67. The summed E-state index contributed by atoms with van der Waals surface area (Å²) in [5, 5.41) is 0. The highest BCUT2D eigenvalue weighted by Gasteiger charge is 2.10. The van der Waals surface area contributed by atoms with Crippen LogP contribution >= 0.6 is 0 Å². The minimum absolute atomic E-state index is 0.576. The summed E-state index contributed by atoms with van der Waals surface area (Å²) >= 11 is 0. The molecular weight excluding hydrogens is 384 g/mol. The lowest BCUT2D eigenvalue weighted by Crippen LogP contribution is -2.38. The molecule has 1 N–H and O–H groups in total. The Kier molecular flexibility index (Phi) is 8.38. The highest BCUT2D eigenvalue weighted by atomic mass is 16.6. The Bertz CT molecular complexity index is 812. The van der Waals surface area contributed by atoms with Crippen molar-refractivity contribution in [2.24, 2.45) is 0 Å². The van der Waals surface area contributed by atoms with Gasteiger partial charge in [-0.3, -0.25) is 15.2 Å². The Morgan fingerprint density at radius 2 is 1.60 bits per heavy atom. The van der Waals surface area contributed by atoms with E-state index in [4.69, 9.17) is 23.8 Å². The SMILES string of the molecule is COc1cc(/C=C\c2ccc(OC)c(NOCCN3CCOCC3)c2)cc(OC)c1. The fraction of sp³-hybridized carbons (Fsp3) is 0.391. The van der Waals surface area contributed by atoms with E-state index in [-0.39, 0.29) is 0 Å². The summed E-state index contributed by atoms with van der Waals surface area (Å²) in [5.74, 6) is 2.22. The molecule has 0 unspecified atom stereocenters. The van der Waals surface area contributed by atoms with Crippen molar-refractivity contribution in [3.8, 4) is 17.2 Å². The topological polar surface area (TPSA) is 61.4 Å². The maximum atomic E-state index is 5.67. The number of methoxy groups -OCH3 is 3. The number of anilines is 1. The van der Waals surface area contributed by atoms with Crippen molar-refractivity contribution in [3.63, 3.8) is 0 Å². The number of hydrogen-bond donors (Lipinski definition) is 1. The second-order valence-corrected chi connectivity index (χ2v) is 6.84. The van der Waals surface area contributed by atoms with Crippen molar-refractivity contribution < 1.29 is 23.8 Å². The van der Waals surface area contributed by atoms with E-state index in [2.05, 4.69) is 10.4 Å². The van der Waals surface area contributed by atoms with Gasteiger partial charge in [0.15, 0.2) is 0 Å². The third-order valence-electron chi connectivity index (χ3n) is 4.86. The molecule has 30 heavy (non-hydrogen) atoms. The van der Waals surface area contributed by atoms with Gasteiger partial charge in [-0.1, -0.05) is 18.2 Å². The van der Waals surface area contributed by atoms with Crippen LogP contribution in [0.1, 0.15) is 11.1 Å². The monoisotopic (exact) mass is 414 g/mol. The van der Waals surface area contributed by atoms with Crippen LogP contribution in [-0.4, -0.2) is 65.7 Å². The van der Waals surface area contributed by atoms with E-state index >= 15 is 0 Å².